The van der Waals surface area contributed by atoms with Crippen molar-refractivity contribution in [3.63, 3.8) is 0 Å². The van der Waals surface area contributed by atoms with E-state index in [9.17, 15) is 9.90 Å². The van der Waals surface area contributed by atoms with Crippen molar-refractivity contribution in [3.05, 3.63) is 23.5 Å². The van der Waals surface area contributed by atoms with Gasteiger partial charge in [0.1, 0.15) is 18.1 Å². The van der Waals surface area contributed by atoms with E-state index in [2.05, 4.69) is 10.3 Å². The number of carbonyl (C=O) groups is 1. The number of ether oxygens (including phenoxy) is 1. The topological polar surface area (TPSA) is 74.7 Å². The van der Waals surface area contributed by atoms with E-state index in [4.69, 9.17) is 4.74 Å². The van der Waals surface area contributed by atoms with Gasteiger partial charge in [0, 0.05) is 18.8 Å². The summed E-state index contributed by atoms with van der Waals surface area (Å²) in [5.74, 6) is 0.572. The van der Waals surface area contributed by atoms with E-state index >= 15 is 0 Å². The van der Waals surface area contributed by atoms with E-state index in [0.29, 0.717) is 37.7 Å². The molecule has 0 atom stereocenters. The van der Waals surface area contributed by atoms with Crippen LogP contribution in [-0.2, 0) is 6.61 Å². The van der Waals surface area contributed by atoms with Crippen molar-refractivity contribution in [1.82, 2.24) is 15.2 Å². The second kappa shape index (κ2) is 5.68. The lowest BCUT2D eigenvalue weighted by Gasteiger charge is -2.15. The summed E-state index contributed by atoms with van der Waals surface area (Å²) in [7, 11) is 0. The van der Waals surface area contributed by atoms with Gasteiger partial charge in [-0.2, -0.15) is 0 Å². The van der Waals surface area contributed by atoms with Crippen LogP contribution in [-0.4, -0.2) is 47.3 Å². The molecule has 0 saturated carbocycles. The number of aliphatic hydroxyl groups is 1. The number of amides is 2. The summed E-state index contributed by atoms with van der Waals surface area (Å²) in [6.07, 6.45) is 0. The summed E-state index contributed by atoms with van der Waals surface area (Å²) < 4.78 is 5.55. The van der Waals surface area contributed by atoms with Gasteiger partial charge in [0.15, 0.2) is 0 Å². The number of carbonyl (C=O) groups excluding carboxylic acids is 1. The van der Waals surface area contributed by atoms with Gasteiger partial charge in [0.05, 0.1) is 13.2 Å². The predicted molar refractivity (Wildman–Crippen MR) is 65.4 cm³/mol. The SMILES string of the molecule is Cc1ccc(OCCN2CCNC2=O)c(CO)n1. The van der Waals surface area contributed by atoms with Crippen LogP contribution in [0.3, 0.4) is 0 Å². The van der Waals surface area contributed by atoms with Crippen LogP contribution in [0.4, 0.5) is 4.79 Å². The molecular weight excluding hydrogens is 234 g/mol. The maximum atomic E-state index is 11.3. The average molecular weight is 251 g/mol. The molecule has 0 spiro atoms. The van der Waals surface area contributed by atoms with Gasteiger partial charge >= 0.3 is 6.03 Å². The van der Waals surface area contributed by atoms with Crippen LogP contribution in [0.2, 0.25) is 0 Å². The number of pyridine rings is 1. The summed E-state index contributed by atoms with van der Waals surface area (Å²) in [6, 6.07) is 3.57. The molecule has 1 fully saturated rings. The quantitative estimate of drug-likeness (QED) is 0.788. The summed E-state index contributed by atoms with van der Waals surface area (Å²) in [5, 5.41) is 11.9. The number of rotatable bonds is 5. The molecule has 1 aliphatic rings. The molecule has 0 radical (unpaired) electrons. The third-order valence-electron chi connectivity index (χ3n) is 2.79. The van der Waals surface area contributed by atoms with Crippen LogP contribution in [0.25, 0.3) is 0 Å². The Balaban J connectivity index is 1.88. The molecule has 2 rings (SSSR count). The van der Waals surface area contributed by atoms with Crippen LogP contribution in [0.1, 0.15) is 11.4 Å². The summed E-state index contributed by atoms with van der Waals surface area (Å²) in [4.78, 5) is 17.2. The Kier molecular flexibility index (Phi) is 3.99. The molecule has 1 aromatic heterocycles. The number of nitrogens with one attached hydrogen (secondary N) is 1. The number of aromatic nitrogens is 1. The zero-order valence-electron chi connectivity index (χ0n) is 10.3. The molecule has 0 aliphatic carbocycles. The van der Waals surface area contributed by atoms with E-state index in [1.807, 2.05) is 13.0 Å². The first-order valence-corrected chi connectivity index (χ1v) is 5.93. The number of nitrogens with zero attached hydrogens (tertiary/aromatic N) is 2. The lowest BCUT2D eigenvalue weighted by atomic mass is 10.3. The molecule has 0 aromatic carbocycles. The monoisotopic (exact) mass is 251 g/mol. The van der Waals surface area contributed by atoms with E-state index < -0.39 is 0 Å². The maximum absolute atomic E-state index is 11.3. The second-order valence-electron chi connectivity index (χ2n) is 4.12. The number of aliphatic hydroxyl groups excluding tert-OH is 1. The highest BCUT2D eigenvalue weighted by Crippen LogP contribution is 2.16. The molecule has 2 heterocycles. The number of aryl methyl sites for hydroxylation is 1. The molecule has 18 heavy (non-hydrogen) atoms. The van der Waals surface area contributed by atoms with Crippen LogP contribution >= 0.6 is 0 Å². The highest BCUT2D eigenvalue weighted by atomic mass is 16.5. The van der Waals surface area contributed by atoms with Crippen molar-refractivity contribution in [2.75, 3.05) is 26.2 Å². The fraction of sp³-hybridized carbons (Fsp3) is 0.500. The first-order valence-electron chi connectivity index (χ1n) is 5.93. The first kappa shape index (κ1) is 12.6. The number of urea groups is 1. The van der Waals surface area contributed by atoms with Crippen molar-refractivity contribution in [3.8, 4) is 5.75 Å². The van der Waals surface area contributed by atoms with Gasteiger partial charge in [-0.25, -0.2) is 4.79 Å². The molecule has 1 aromatic rings. The van der Waals surface area contributed by atoms with E-state index in [1.165, 1.54) is 0 Å². The van der Waals surface area contributed by atoms with Gasteiger partial charge in [-0.1, -0.05) is 0 Å². The largest absolute Gasteiger partial charge is 0.490 e. The van der Waals surface area contributed by atoms with E-state index in [0.717, 1.165) is 5.69 Å². The fourth-order valence-electron chi connectivity index (χ4n) is 1.83. The summed E-state index contributed by atoms with van der Waals surface area (Å²) in [6.45, 7) is 4.03. The molecule has 0 bridgehead atoms. The predicted octanol–water partition coefficient (Wildman–Crippen LogP) is 0.286. The van der Waals surface area contributed by atoms with Crippen LogP contribution in [0, 0.1) is 6.92 Å². The second-order valence-corrected chi connectivity index (χ2v) is 4.12. The fourth-order valence-corrected chi connectivity index (χ4v) is 1.83. The van der Waals surface area contributed by atoms with Gasteiger partial charge in [-0.05, 0) is 19.1 Å². The van der Waals surface area contributed by atoms with Crippen molar-refractivity contribution < 1.29 is 14.6 Å². The van der Waals surface area contributed by atoms with Crippen LogP contribution < -0.4 is 10.1 Å². The highest BCUT2D eigenvalue weighted by Gasteiger charge is 2.18. The third-order valence-corrected chi connectivity index (χ3v) is 2.79. The van der Waals surface area contributed by atoms with Gasteiger partial charge in [-0.15, -0.1) is 0 Å². The molecule has 98 valence electrons. The minimum Gasteiger partial charge on any atom is -0.490 e. The summed E-state index contributed by atoms with van der Waals surface area (Å²) >= 11 is 0. The molecule has 6 nitrogen and oxygen atoms in total. The molecule has 2 N–H and O–H groups in total. The van der Waals surface area contributed by atoms with Crippen molar-refractivity contribution in [1.29, 1.82) is 0 Å². The Morgan fingerprint density at radius 3 is 3.06 bits per heavy atom. The van der Waals surface area contributed by atoms with Gasteiger partial charge in [0.25, 0.3) is 0 Å². The van der Waals surface area contributed by atoms with E-state index in [-0.39, 0.29) is 12.6 Å². The van der Waals surface area contributed by atoms with Crippen LogP contribution in [0.15, 0.2) is 12.1 Å². The van der Waals surface area contributed by atoms with Gasteiger partial charge < -0.3 is 20.1 Å². The molecule has 1 aliphatic heterocycles. The Hall–Kier alpha value is -1.82. The number of hydrogen-bond donors (Lipinski definition) is 2. The van der Waals surface area contributed by atoms with Gasteiger partial charge in [0.2, 0.25) is 0 Å². The lowest BCUT2D eigenvalue weighted by Crippen LogP contribution is -2.31. The summed E-state index contributed by atoms with van der Waals surface area (Å²) in [5.41, 5.74) is 1.37. The Morgan fingerprint density at radius 1 is 1.56 bits per heavy atom. The standard InChI is InChI=1S/C12H17N3O3/c1-9-2-3-11(10(8-16)14-9)18-7-6-15-5-4-13-12(15)17/h2-3,16H,4-8H2,1H3,(H,13,17). The zero-order chi connectivity index (χ0) is 13.0. The normalized spacial score (nSPS) is 14.8. The Morgan fingerprint density at radius 2 is 2.39 bits per heavy atom. The molecule has 0 unspecified atom stereocenters. The third kappa shape index (κ3) is 2.89. The van der Waals surface area contributed by atoms with Crippen molar-refractivity contribution in [2.24, 2.45) is 0 Å². The van der Waals surface area contributed by atoms with Crippen LogP contribution in [0.5, 0.6) is 5.75 Å². The minimum absolute atomic E-state index is 0.0528. The Labute approximate surface area is 106 Å². The van der Waals surface area contributed by atoms with Crippen molar-refractivity contribution >= 4 is 6.03 Å². The van der Waals surface area contributed by atoms with E-state index in [1.54, 1.807) is 11.0 Å². The lowest BCUT2D eigenvalue weighted by molar-refractivity contribution is 0.200. The molecule has 2 amide bonds. The van der Waals surface area contributed by atoms with Gasteiger partial charge in [-0.3, -0.25) is 4.98 Å². The highest BCUT2D eigenvalue weighted by molar-refractivity contribution is 5.76. The number of hydrogen-bond acceptors (Lipinski definition) is 4. The first-order chi connectivity index (χ1) is 8.70. The molecular formula is C12H17N3O3. The minimum atomic E-state index is -0.152. The smallest absolute Gasteiger partial charge is 0.317 e. The molecule has 6 heteroatoms. The average Bonchev–Trinajstić information content (AvgIpc) is 2.77. The maximum Gasteiger partial charge on any atom is 0.317 e. The molecule has 1 saturated heterocycles. The zero-order valence-corrected chi connectivity index (χ0v) is 10.3. The van der Waals surface area contributed by atoms with Crippen molar-refractivity contribution in [2.45, 2.75) is 13.5 Å². The Bertz CT molecular complexity index is 437.